The number of rotatable bonds is 10. The number of esters is 1. The summed E-state index contributed by atoms with van der Waals surface area (Å²) in [5, 5.41) is 29.3. The van der Waals surface area contributed by atoms with Crippen LogP contribution in [0.2, 0.25) is 0 Å². The largest absolute Gasteiger partial charge is 0.507 e. The molecule has 11 nitrogen and oxygen atoms in total. The Morgan fingerprint density at radius 2 is 2.03 bits per heavy atom. The van der Waals surface area contributed by atoms with E-state index in [1.807, 2.05) is 0 Å². The summed E-state index contributed by atoms with van der Waals surface area (Å²) in [6.07, 6.45) is 0.204. The number of urea groups is 1. The van der Waals surface area contributed by atoms with Gasteiger partial charge in [-0.25, -0.2) is 9.59 Å². The zero-order valence-corrected chi connectivity index (χ0v) is 21.5. The van der Waals surface area contributed by atoms with Crippen molar-refractivity contribution in [3.05, 3.63) is 63.3 Å². The number of benzene rings is 2. The van der Waals surface area contributed by atoms with Crippen LogP contribution in [-0.4, -0.2) is 55.0 Å². The molecular weight excluding hydrogens is 536 g/mol. The SMILES string of the molecule is CCOc1cc([C@H]2NC(=O)NC(C)=C2C(=O)OC)ccc1OC[C@@H](O)N/N=C/c1cc(Br)ccc1O. The number of hydrogen-bond donors (Lipinski definition) is 5. The second-order valence-electron chi connectivity index (χ2n) is 7.62. The molecule has 1 aliphatic rings. The summed E-state index contributed by atoms with van der Waals surface area (Å²) < 4.78 is 17.0. The molecule has 2 aromatic rings. The van der Waals surface area contributed by atoms with Crippen LogP contribution in [0.1, 0.15) is 31.0 Å². The summed E-state index contributed by atoms with van der Waals surface area (Å²) >= 11 is 3.31. The normalized spacial score (nSPS) is 16.2. The maximum atomic E-state index is 12.3. The molecule has 0 aromatic heterocycles. The lowest BCUT2D eigenvalue weighted by molar-refractivity contribution is -0.136. The third-order valence-electron chi connectivity index (χ3n) is 5.09. The summed E-state index contributed by atoms with van der Waals surface area (Å²) in [4.78, 5) is 24.4. The van der Waals surface area contributed by atoms with Crippen molar-refractivity contribution in [2.45, 2.75) is 26.1 Å². The molecule has 0 radical (unpaired) electrons. The van der Waals surface area contributed by atoms with E-state index in [-0.39, 0.29) is 17.9 Å². The molecule has 1 heterocycles. The molecule has 0 fully saturated rings. The molecule has 0 saturated heterocycles. The molecule has 36 heavy (non-hydrogen) atoms. The highest BCUT2D eigenvalue weighted by atomic mass is 79.9. The van der Waals surface area contributed by atoms with Crippen LogP contribution in [-0.2, 0) is 9.53 Å². The Morgan fingerprint density at radius 3 is 2.75 bits per heavy atom. The zero-order valence-electron chi connectivity index (χ0n) is 19.9. The van der Waals surface area contributed by atoms with Gasteiger partial charge in [0.15, 0.2) is 17.7 Å². The van der Waals surface area contributed by atoms with Crippen LogP contribution in [0.25, 0.3) is 0 Å². The fourth-order valence-corrected chi connectivity index (χ4v) is 3.82. The lowest BCUT2D eigenvalue weighted by Crippen LogP contribution is -2.45. The number of ether oxygens (including phenoxy) is 3. The third kappa shape index (κ3) is 6.67. The monoisotopic (exact) mass is 562 g/mol. The molecule has 192 valence electrons. The summed E-state index contributed by atoms with van der Waals surface area (Å²) in [5.41, 5.74) is 4.21. The summed E-state index contributed by atoms with van der Waals surface area (Å²) in [5.74, 6) is 0.172. The molecule has 2 aromatic carbocycles. The Bertz CT molecular complexity index is 1190. The number of hydrazone groups is 1. The Morgan fingerprint density at radius 1 is 1.25 bits per heavy atom. The molecule has 2 atom stereocenters. The number of phenols is 1. The van der Waals surface area contributed by atoms with Crippen molar-refractivity contribution < 1.29 is 34.0 Å². The number of amides is 2. The number of aliphatic hydroxyl groups excluding tert-OH is 1. The van der Waals surface area contributed by atoms with Gasteiger partial charge in [-0.2, -0.15) is 5.10 Å². The fraction of sp³-hybridized carbons (Fsp3) is 0.292. The third-order valence-corrected chi connectivity index (χ3v) is 5.58. The van der Waals surface area contributed by atoms with Gasteiger partial charge in [0, 0.05) is 15.7 Å². The number of nitrogens with zero attached hydrogens (tertiary/aromatic N) is 1. The summed E-state index contributed by atoms with van der Waals surface area (Å²) in [6, 6.07) is 8.63. The van der Waals surface area contributed by atoms with Crippen molar-refractivity contribution in [2.75, 3.05) is 20.3 Å². The van der Waals surface area contributed by atoms with Gasteiger partial charge in [-0.05, 0) is 49.7 Å². The average molecular weight is 563 g/mol. The molecule has 12 heteroatoms. The van der Waals surface area contributed by atoms with Crippen molar-refractivity contribution in [1.29, 1.82) is 0 Å². The van der Waals surface area contributed by atoms with Gasteiger partial charge in [-0.3, -0.25) is 5.43 Å². The van der Waals surface area contributed by atoms with Crippen molar-refractivity contribution in [3.63, 3.8) is 0 Å². The van der Waals surface area contributed by atoms with Crippen LogP contribution < -0.4 is 25.5 Å². The van der Waals surface area contributed by atoms with Gasteiger partial charge >= 0.3 is 12.0 Å². The average Bonchev–Trinajstić information content (AvgIpc) is 2.84. The summed E-state index contributed by atoms with van der Waals surface area (Å²) in [6.45, 7) is 3.58. The lowest BCUT2D eigenvalue weighted by atomic mass is 9.95. The van der Waals surface area contributed by atoms with Crippen LogP contribution in [0.5, 0.6) is 17.2 Å². The quantitative estimate of drug-likeness (QED) is 0.128. The van der Waals surface area contributed by atoms with E-state index in [0.29, 0.717) is 34.9 Å². The number of halogens is 1. The molecule has 0 unspecified atom stereocenters. The van der Waals surface area contributed by atoms with Gasteiger partial charge in [0.1, 0.15) is 12.4 Å². The van der Waals surface area contributed by atoms with Crippen molar-refractivity contribution in [1.82, 2.24) is 16.1 Å². The number of methoxy groups -OCH3 is 1. The lowest BCUT2D eigenvalue weighted by Gasteiger charge is -2.28. The second-order valence-corrected chi connectivity index (χ2v) is 8.53. The number of carbonyl (C=O) groups is 2. The number of phenolic OH excluding ortho intramolecular Hbond substituents is 1. The van der Waals surface area contributed by atoms with Crippen LogP contribution in [0.15, 0.2) is 57.2 Å². The first-order chi connectivity index (χ1) is 17.2. The summed E-state index contributed by atoms with van der Waals surface area (Å²) in [7, 11) is 1.27. The first-order valence-electron chi connectivity index (χ1n) is 10.9. The van der Waals surface area contributed by atoms with E-state index in [9.17, 15) is 19.8 Å². The molecular formula is C24H27BrN4O7. The van der Waals surface area contributed by atoms with E-state index in [4.69, 9.17) is 14.2 Å². The Labute approximate surface area is 216 Å². The number of carbonyl (C=O) groups excluding carboxylic acids is 2. The number of aromatic hydroxyl groups is 1. The molecule has 2 amide bonds. The molecule has 0 aliphatic carbocycles. The van der Waals surface area contributed by atoms with Crippen LogP contribution in [0.4, 0.5) is 4.79 Å². The highest BCUT2D eigenvalue weighted by Gasteiger charge is 2.32. The van der Waals surface area contributed by atoms with Crippen LogP contribution in [0, 0.1) is 0 Å². The minimum absolute atomic E-state index is 0.0428. The first-order valence-corrected chi connectivity index (χ1v) is 11.7. The van der Waals surface area contributed by atoms with E-state index in [1.165, 1.54) is 19.4 Å². The molecule has 5 N–H and O–H groups in total. The highest BCUT2D eigenvalue weighted by Crippen LogP contribution is 2.35. The number of hydrogen-bond acceptors (Lipinski definition) is 9. The van der Waals surface area contributed by atoms with Gasteiger partial charge in [0.05, 0.1) is 31.5 Å². The Hall–Kier alpha value is -3.77. The van der Waals surface area contributed by atoms with E-state index in [0.717, 1.165) is 4.47 Å². The number of aliphatic hydroxyl groups is 1. The van der Waals surface area contributed by atoms with E-state index in [2.05, 4.69) is 37.1 Å². The standard InChI is InChI=1S/C24H27BrN4O7/c1-4-35-19-10-14(22-21(23(32)34-3)13(2)27-24(33)28-22)5-8-18(19)36-12-20(31)29-26-11-15-9-16(25)6-7-17(15)30/h5-11,20,22,29-31H,4,12H2,1-3H3,(H2,27,28,33)/b26-11+/t20-,22-/m1/s1. The second kappa shape index (κ2) is 12.3. The molecule has 1 aliphatic heterocycles. The topological polar surface area (TPSA) is 151 Å². The predicted octanol–water partition coefficient (Wildman–Crippen LogP) is 2.68. The molecule has 0 spiro atoms. The van der Waals surface area contributed by atoms with Crippen molar-refractivity contribution in [2.24, 2.45) is 5.10 Å². The van der Waals surface area contributed by atoms with E-state index in [1.54, 1.807) is 44.2 Å². The van der Waals surface area contributed by atoms with E-state index >= 15 is 0 Å². The number of allylic oxidation sites excluding steroid dienone is 1. The van der Waals surface area contributed by atoms with Gasteiger partial charge in [0.2, 0.25) is 0 Å². The highest BCUT2D eigenvalue weighted by molar-refractivity contribution is 9.10. The van der Waals surface area contributed by atoms with Gasteiger partial charge in [-0.1, -0.05) is 22.0 Å². The molecule has 3 rings (SSSR count). The zero-order chi connectivity index (χ0) is 26.2. The predicted molar refractivity (Wildman–Crippen MR) is 135 cm³/mol. The van der Waals surface area contributed by atoms with Crippen LogP contribution >= 0.6 is 15.9 Å². The maximum Gasteiger partial charge on any atom is 0.337 e. The maximum absolute atomic E-state index is 12.3. The van der Waals surface area contributed by atoms with E-state index < -0.39 is 24.3 Å². The van der Waals surface area contributed by atoms with Crippen molar-refractivity contribution in [3.8, 4) is 17.2 Å². The Kier molecular flexibility index (Phi) is 9.14. The van der Waals surface area contributed by atoms with Crippen LogP contribution in [0.3, 0.4) is 0 Å². The molecule has 0 bridgehead atoms. The Balaban J connectivity index is 1.72. The smallest absolute Gasteiger partial charge is 0.337 e. The van der Waals surface area contributed by atoms with Gasteiger partial charge in [0.25, 0.3) is 0 Å². The first kappa shape index (κ1) is 26.8. The van der Waals surface area contributed by atoms with Gasteiger partial charge in [-0.15, -0.1) is 0 Å². The fourth-order valence-electron chi connectivity index (χ4n) is 3.44. The minimum Gasteiger partial charge on any atom is -0.507 e. The van der Waals surface area contributed by atoms with Gasteiger partial charge < -0.3 is 35.1 Å². The van der Waals surface area contributed by atoms with Crippen molar-refractivity contribution >= 4 is 34.1 Å². The number of nitrogens with one attached hydrogen (secondary N) is 3. The molecule has 0 saturated carbocycles. The minimum atomic E-state index is -1.16.